The van der Waals surface area contributed by atoms with Gasteiger partial charge < -0.3 is 0 Å². The van der Waals surface area contributed by atoms with Gasteiger partial charge in [-0.3, -0.25) is 4.55 Å². The summed E-state index contributed by atoms with van der Waals surface area (Å²) in [5.74, 6) is -0.0851. The molecule has 98 valence electrons. The molecule has 3 nitrogen and oxygen atoms in total. The molecular weight excluding hydrogens is 292 g/mol. The molecule has 0 unspecified atom stereocenters. The molecule has 0 atom stereocenters. The lowest BCUT2D eigenvalue weighted by Gasteiger charge is -2.01. The first-order valence-electron chi connectivity index (χ1n) is 6.07. The zero-order valence-electron chi connectivity index (χ0n) is 9.83. The molecule has 5 heteroatoms. The largest absolute Gasteiger partial charge is 0.286 e. The molecule has 0 rings (SSSR count). The summed E-state index contributed by atoms with van der Waals surface area (Å²) in [5.41, 5.74) is 0. The molecule has 0 fully saturated rings. The van der Waals surface area contributed by atoms with Crippen molar-refractivity contribution in [1.82, 2.24) is 0 Å². The third-order valence-electron chi connectivity index (χ3n) is 2.54. The lowest BCUT2D eigenvalue weighted by molar-refractivity contribution is 0.478. The monoisotopic (exact) mass is 314 g/mol. The topological polar surface area (TPSA) is 54.4 Å². The summed E-state index contributed by atoms with van der Waals surface area (Å²) >= 11 is 3.41. The average Bonchev–Trinajstić information content (AvgIpc) is 2.19. The Morgan fingerprint density at radius 1 is 0.750 bits per heavy atom. The van der Waals surface area contributed by atoms with E-state index in [9.17, 15) is 8.42 Å². The molecule has 16 heavy (non-hydrogen) atoms. The van der Waals surface area contributed by atoms with Crippen LogP contribution in [0.1, 0.15) is 57.8 Å². The Labute approximate surface area is 108 Å². The van der Waals surface area contributed by atoms with Crippen LogP contribution in [-0.2, 0) is 10.1 Å². The smallest absolute Gasteiger partial charge is 0.264 e. The van der Waals surface area contributed by atoms with Crippen LogP contribution < -0.4 is 0 Å². The molecule has 0 saturated heterocycles. The van der Waals surface area contributed by atoms with E-state index in [-0.39, 0.29) is 5.75 Å². The Bertz CT molecular complexity index is 240. The molecule has 0 aromatic rings. The van der Waals surface area contributed by atoms with Crippen molar-refractivity contribution >= 4 is 26.0 Å². The van der Waals surface area contributed by atoms with E-state index in [4.69, 9.17) is 4.55 Å². The molecule has 0 heterocycles. The van der Waals surface area contributed by atoms with Crippen molar-refractivity contribution in [3.8, 4) is 0 Å². The van der Waals surface area contributed by atoms with Crippen LogP contribution in [0.5, 0.6) is 0 Å². The summed E-state index contributed by atoms with van der Waals surface area (Å²) < 4.78 is 29.3. The van der Waals surface area contributed by atoms with E-state index in [1.807, 2.05) is 0 Å². The standard InChI is InChI=1S/C11H23BrO3S/c12-10-8-6-4-2-1-3-5-7-9-11-16(13,14)15/h1-11H2,(H,13,14,15). The third kappa shape index (κ3) is 14.4. The van der Waals surface area contributed by atoms with E-state index in [2.05, 4.69) is 15.9 Å². The Hall–Kier alpha value is 0.390. The van der Waals surface area contributed by atoms with Crippen molar-refractivity contribution in [2.45, 2.75) is 57.8 Å². The van der Waals surface area contributed by atoms with Gasteiger partial charge in [-0.15, -0.1) is 0 Å². The number of rotatable bonds is 11. The van der Waals surface area contributed by atoms with Crippen molar-refractivity contribution in [3.05, 3.63) is 0 Å². The van der Waals surface area contributed by atoms with E-state index in [0.29, 0.717) is 6.42 Å². The number of hydrogen-bond acceptors (Lipinski definition) is 2. The number of alkyl halides is 1. The predicted molar refractivity (Wildman–Crippen MR) is 71.8 cm³/mol. The maximum atomic E-state index is 10.4. The Morgan fingerprint density at radius 2 is 1.12 bits per heavy atom. The summed E-state index contributed by atoms with van der Waals surface area (Å²) in [6.07, 6.45) is 10.1. The maximum absolute atomic E-state index is 10.4. The minimum Gasteiger partial charge on any atom is -0.286 e. The van der Waals surface area contributed by atoms with Crippen molar-refractivity contribution in [1.29, 1.82) is 0 Å². The summed E-state index contributed by atoms with van der Waals surface area (Å²) in [6, 6.07) is 0. The second kappa shape index (κ2) is 10.5. The molecule has 1 N–H and O–H groups in total. The maximum Gasteiger partial charge on any atom is 0.264 e. The van der Waals surface area contributed by atoms with Crippen LogP contribution in [0.4, 0.5) is 0 Å². The zero-order valence-corrected chi connectivity index (χ0v) is 12.2. The van der Waals surface area contributed by atoms with Crippen molar-refractivity contribution < 1.29 is 13.0 Å². The van der Waals surface area contributed by atoms with Gasteiger partial charge in [0.2, 0.25) is 0 Å². The summed E-state index contributed by atoms with van der Waals surface area (Å²) in [7, 11) is -3.74. The lowest BCUT2D eigenvalue weighted by atomic mass is 10.1. The van der Waals surface area contributed by atoms with Crippen LogP contribution in [0.15, 0.2) is 0 Å². The lowest BCUT2D eigenvalue weighted by Crippen LogP contribution is -2.03. The molecule has 0 aliphatic carbocycles. The zero-order chi connectivity index (χ0) is 12.3. The normalized spacial score (nSPS) is 11.9. The van der Waals surface area contributed by atoms with Gasteiger partial charge in [-0.05, 0) is 12.8 Å². The van der Waals surface area contributed by atoms with Gasteiger partial charge in [0.05, 0.1) is 5.75 Å². The number of unbranched alkanes of at least 4 members (excludes halogenated alkanes) is 8. The van der Waals surface area contributed by atoms with Gasteiger partial charge in [0.15, 0.2) is 0 Å². The van der Waals surface area contributed by atoms with Gasteiger partial charge in [0, 0.05) is 5.33 Å². The second-order valence-corrected chi connectivity index (χ2v) is 6.52. The van der Waals surface area contributed by atoms with E-state index >= 15 is 0 Å². The second-order valence-electron chi connectivity index (χ2n) is 4.16. The number of hydrogen-bond donors (Lipinski definition) is 1. The molecule has 0 aliphatic heterocycles. The SMILES string of the molecule is O=S(=O)(O)CCCCCCCCCCCBr. The minimum atomic E-state index is -3.74. The molecule has 0 amide bonds. The van der Waals surface area contributed by atoms with Gasteiger partial charge in [-0.25, -0.2) is 0 Å². The van der Waals surface area contributed by atoms with Crippen LogP contribution in [-0.4, -0.2) is 24.1 Å². The highest BCUT2D eigenvalue weighted by atomic mass is 79.9. The van der Waals surface area contributed by atoms with Crippen molar-refractivity contribution in [2.24, 2.45) is 0 Å². The molecule has 0 aromatic carbocycles. The highest BCUT2D eigenvalue weighted by molar-refractivity contribution is 9.09. The Balaban J connectivity index is 3.05. The molecule has 0 spiro atoms. The molecule has 0 radical (unpaired) electrons. The van der Waals surface area contributed by atoms with Crippen LogP contribution >= 0.6 is 15.9 Å². The average molecular weight is 315 g/mol. The van der Waals surface area contributed by atoms with E-state index in [1.165, 1.54) is 38.5 Å². The predicted octanol–water partition coefficient (Wildman–Crippen LogP) is 3.78. The summed E-state index contributed by atoms with van der Waals surface area (Å²) in [4.78, 5) is 0. The fourth-order valence-electron chi connectivity index (χ4n) is 1.62. The van der Waals surface area contributed by atoms with Crippen molar-refractivity contribution in [3.63, 3.8) is 0 Å². The number of halogens is 1. The molecule has 0 bridgehead atoms. The van der Waals surface area contributed by atoms with Crippen molar-refractivity contribution in [2.75, 3.05) is 11.1 Å². The van der Waals surface area contributed by atoms with Crippen LogP contribution in [0.25, 0.3) is 0 Å². The van der Waals surface area contributed by atoms with Gasteiger partial charge in [-0.1, -0.05) is 60.9 Å². The summed E-state index contributed by atoms with van der Waals surface area (Å²) in [5, 5.41) is 1.10. The molecule has 0 saturated carbocycles. The first kappa shape index (κ1) is 16.4. The van der Waals surface area contributed by atoms with Crippen LogP contribution in [0, 0.1) is 0 Å². The van der Waals surface area contributed by atoms with Gasteiger partial charge in [0.25, 0.3) is 10.1 Å². The minimum absolute atomic E-state index is 0.0851. The van der Waals surface area contributed by atoms with Crippen LogP contribution in [0.2, 0.25) is 0 Å². The highest BCUT2D eigenvalue weighted by Gasteiger charge is 2.02. The first-order chi connectivity index (χ1) is 7.56. The third-order valence-corrected chi connectivity index (χ3v) is 3.90. The molecular formula is C11H23BrO3S. The van der Waals surface area contributed by atoms with Gasteiger partial charge in [0.1, 0.15) is 0 Å². The Kier molecular flexibility index (Phi) is 10.8. The molecule has 0 aromatic heterocycles. The highest BCUT2D eigenvalue weighted by Crippen LogP contribution is 2.10. The van der Waals surface area contributed by atoms with Crippen LogP contribution in [0.3, 0.4) is 0 Å². The van der Waals surface area contributed by atoms with Gasteiger partial charge >= 0.3 is 0 Å². The fourth-order valence-corrected chi connectivity index (χ4v) is 2.58. The van der Waals surface area contributed by atoms with E-state index < -0.39 is 10.1 Å². The Morgan fingerprint density at radius 3 is 1.50 bits per heavy atom. The summed E-state index contributed by atoms with van der Waals surface area (Å²) in [6.45, 7) is 0. The van der Waals surface area contributed by atoms with E-state index in [1.54, 1.807) is 0 Å². The van der Waals surface area contributed by atoms with Gasteiger partial charge in [-0.2, -0.15) is 8.42 Å². The quantitative estimate of drug-likeness (QED) is 0.359. The first-order valence-corrected chi connectivity index (χ1v) is 8.80. The molecule has 0 aliphatic rings. The van der Waals surface area contributed by atoms with E-state index in [0.717, 1.165) is 18.2 Å². The fraction of sp³-hybridized carbons (Fsp3) is 1.00.